The van der Waals surface area contributed by atoms with Crippen molar-refractivity contribution in [3.63, 3.8) is 0 Å². The highest BCUT2D eigenvalue weighted by Gasteiger charge is 2.18. The zero-order chi connectivity index (χ0) is 14.2. The number of thiophene rings is 1. The molecule has 3 N–H and O–H groups in total. The van der Waals surface area contributed by atoms with Crippen LogP contribution in [0, 0.1) is 13.8 Å². The number of pyridine rings is 1. The molecule has 0 fully saturated rings. The summed E-state index contributed by atoms with van der Waals surface area (Å²) in [6, 6.07) is 1.95. The summed E-state index contributed by atoms with van der Waals surface area (Å²) in [7, 11) is 0. The van der Waals surface area contributed by atoms with Gasteiger partial charge in [-0.15, -0.1) is 11.3 Å². The number of nitrogen functional groups attached to an aromatic ring is 1. The van der Waals surface area contributed by atoms with Crippen LogP contribution in [0.2, 0.25) is 0 Å². The molecule has 100 valence electrons. The van der Waals surface area contributed by atoms with E-state index in [4.69, 9.17) is 17.3 Å². The third-order valence-electron chi connectivity index (χ3n) is 2.67. The number of aromatic nitrogens is 1. The predicted molar refractivity (Wildman–Crippen MR) is 80.8 cm³/mol. The molecule has 2 heterocycles. The van der Waals surface area contributed by atoms with Crippen LogP contribution in [0.15, 0.2) is 17.7 Å². The van der Waals surface area contributed by atoms with E-state index in [1.54, 1.807) is 0 Å². The van der Waals surface area contributed by atoms with Crippen molar-refractivity contribution in [2.75, 3.05) is 12.3 Å². The average Bonchev–Trinajstić information content (AvgIpc) is 2.63. The SMILES string of the molecule is C=C(Cl)CNC(=O)c1sc2nc(C)cc(C)c2c1N. The third-order valence-corrected chi connectivity index (χ3v) is 3.90. The molecule has 2 aromatic heterocycles. The van der Waals surface area contributed by atoms with E-state index in [0.717, 1.165) is 21.5 Å². The van der Waals surface area contributed by atoms with E-state index in [-0.39, 0.29) is 12.5 Å². The van der Waals surface area contributed by atoms with Gasteiger partial charge in [-0.2, -0.15) is 0 Å². The number of hydrogen-bond acceptors (Lipinski definition) is 4. The van der Waals surface area contributed by atoms with E-state index >= 15 is 0 Å². The van der Waals surface area contributed by atoms with Crippen LogP contribution >= 0.6 is 22.9 Å². The number of aryl methyl sites for hydroxylation is 2. The molecule has 0 aliphatic rings. The molecule has 0 unspecified atom stereocenters. The van der Waals surface area contributed by atoms with Crippen LogP contribution in [0.1, 0.15) is 20.9 Å². The Morgan fingerprint density at radius 1 is 1.58 bits per heavy atom. The largest absolute Gasteiger partial charge is 0.397 e. The summed E-state index contributed by atoms with van der Waals surface area (Å²) >= 11 is 6.92. The first-order valence-corrected chi connectivity index (χ1v) is 6.87. The van der Waals surface area contributed by atoms with Gasteiger partial charge in [0.2, 0.25) is 0 Å². The second-order valence-electron chi connectivity index (χ2n) is 4.31. The maximum atomic E-state index is 12.0. The van der Waals surface area contributed by atoms with Gasteiger partial charge in [0.15, 0.2) is 0 Å². The minimum Gasteiger partial charge on any atom is -0.397 e. The summed E-state index contributed by atoms with van der Waals surface area (Å²) in [6.07, 6.45) is 0. The quantitative estimate of drug-likeness (QED) is 0.914. The molecular weight excluding hydrogens is 282 g/mol. The maximum absolute atomic E-state index is 12.0. The highest BCUT2D eigenvalue weighted by atomic mass is 35.5. The van der Waals surface area contributed by atoms with Crippen LogP contribution in [-0.2, 0) is 0 Å². The Labute approximate surface area is 120 Å². The van der Waals surface area contributed by atoms with Gasteiger partial charge in [-0.1, -0.05) is 18.2 Å². The lowest BCUT2D eigenvalue weighted by Gasteiger charge is -2.02. The van der Waals surface area contributed by atoms with Gasteiger partial charge in [-0.25, -0.2) is 4.98 Å². The van der Waals surface area contributed by atoms with Crippen molar-refractivity contribution in [2.24, 2.45) is 0 Å². The second-order valence-corrected chi connectivity index (χ2v) is 5.84. The van der Waals surface area contributed by atoms with Crippen LogP contribution < -0.4 is 11.1 Å². The summed E-state index contributed by atoms with van der Waals surface area (Å²) in [4.78, 5) is 17.7. The van der Waals surface area contributed by atoms with E-state index in [0.29, 0.717) is 15.6 Å². The fourth-order valence-electron chi connectivity index (χ4n) is 1.89. The lowest BCUT2D eigenvalue weighted by molar-refractivity contribution is 0.0962. The highest BCUT2D eigenvalue weighted by Crippen LogP contribution is 2.34. The standard InChI is InChI=1S/C13H14ClN3OS/c1-6-4-8(3)17-13-9(6)10(15)11(19-13)12(18)16-5-7(2)14/h4H,2,5,15H2,1,3H3,(H,16,18). The van der Waals surface area contributed by atoms with Gasteiger partial charge in [-0.05, 0) is 25.5 Å². The first-order chi connectivity index (χ1) is 8.90. The van der Waals surface area contributed by atoms with Gasteiger partial charge < -0.3 is 11.1 Å². The normalized spacial score (nSPS) is 10.7. The monoisotopic (exact) mass is 295 g/mol. The van der Waals surface area contributed by atoms with Crippen molar-refractivity contribution in [3.8, 4) is 0 Å². The Morgan fingerprint density at radius 2 is 2.26 bits per heavy atom. The molecule has 4 nitrogen and oxygen atoms in total. The second kappa shape index (κ2) is 5.19. The number of nitrogens with one attached hydrogen (secondary N) is 1. The molecule has 1 amide bonds. The molecule has 0 aliphatic carbocycles. The third kappa shape index (κ3) is 2.72. The van der Waals surface area contributed by atoms with Gasteiger partial charge in [0.05, 0.1) is 12.2 Å². The summed E-state index contributed by atoms with van der Waals surface area (Å²) in [5.41, 5.74) is 8.46. The summed E-state index contributed by atoms with van der Waals surface area (Å²) in [5.74, 6) is -0.251. The molecule has 0 bridgehead atoms. The van der Waals surface area contributed by atoms with Gasteiger partial charge in [-0.3, -0.25) is 4.79 Å². The van der Waals surface area contributed by atoms with Gasteiger partial charge in [0, 0.05) is 16.1 Å². The van der Waals surface area contributed by atoms with E-state index in [1.165, 1.54) is 11.3 Å². The molecule has 0 radical (unpaired) electrons. The number of carbonyl (C=O) groups is 1. The number of anilines is 1. The minimum atomic E-state index is -0.251. The molecule has 6 heteroatoms. The number of rotatable bonds is 3. The smallest absolute Gasteiger partial charge is 0.263 e. The molecule has 0 saturated carbocycles. The topological polar surface area (TPSA) is 68.0 Å². The Balaban J connectivity index is 2.45. The van der Waals surface area contributed by atoms with E-state index in [1.807, 2.05) is 19.9 Å². The van der Waals surface area contributed by atoms with Crippen LogP contribution in [0.3, 0.4) is 0 Å². The molecule has 19 heavy (non-hydrogen) atoms. The Morgan fingerprint density at radius 3 is 2.89 bits per heavy atom. The molecular formula is C13H14ClN3OS. The number of carbonyl (C=O) groups excluding carboxylic acids is 1. The zero-order valence-corrected chi connectivity index (χ0v) is 12.3. The summed E-state index contributed by atoms with van der Waals surface area (Å²) in [6.45, 7) is 7.62. The predicted octanol–water partition coefficient (Wildman–Crippen LogP) is 2.98. The number of amides is 1. The van der Waals surface area contributed by atoms with Crippen LogP contribution in [0.5, 0.6) is 0 Å². The van der Waals surface area contributed by atoms with Crippen molar-refractivity contribution in [2.45, 2.75) is 13.8 Å². The maximum Gasteiger partial charge on any atom is 0.263 e. The van der Waals surface area contributed by atoms with Crippen molar-refractivity contribution >= 4 is 44.7 Å². The van der Waals surface area contributed by atoms with Crippen molar-refractivity contribution in [3.05, 3.63) is 33.8 Å². The van der Waals surface area contributed by atoms with Crippen LogP contribution in [0.25, 0.3) is 10.2 Å². The van der Waals surface area contributed by atoms with Crippen LogP contribution in [0.4, 0.5) is 5.69 Å². The zero-order valence-electron chi connectivity index (χ0n) is 10.7. The van der Waals surface area contributed by atoms with Gasteiger partial charge >= 0.3 is 0 Å². The van der Waals surface area contributed by atoms with Crippen molar-refractivity contribution in [1.82, 2.24) is 10.3 Å². The fourth-order valence-corrected chi connectivity index (χ4v) is 3.09. The average molecular weight is 296 g/mol. The van der Waals surface area contributed by atoms with E-state index < -0.39 is 0 Å². The number of hydrogen-bond donors (Lipinski definition) is 2. The number of halogens is 1. The Bertz CT molecular complexity index is 678. The first kappa shape index (κ1) is 13.8. The number of nitrogens with two attached hydrogens (primary N) is 1. The van der Waals surface area contributed by atoms with E-state index in [9.17, 15) is 4.79 Å². The van der Waals surface area contributed by atoms with Crippen LogP contribution in [-0.4, -0.2) is 17.4 Å². The first-order valence-electron chi connectivity index (χ1n) is 5.68. The van der Waals surface area contributed by atoms with Gasteiger partial charge in [0.1, 0.15) is 9.71 Å². The number of nitrogens with zero attached hydrogens (tertiary/aromatic N) is 1. The minimum absolute atomic E-state index is 0.222. The Kier molecular flexibility index (Phi) is 3.78. The number of fused-ring (bicyclic) bond motifs is 1. The Hall–Kier alpha value is -1.59. The molecule has 0 saturated heterocycles. The van der Waals surface area contributed by atoms with Crippen molar-refractivity contribution < 1.29 is 4.79 Å². The lowest BCUT2D eigenvalue weighted by atomic mass is 10.1. The summed E-state index contributed by atoms with van der Waals surface area (Å²) in [5, 5.41) is 3.89. The molecule has 0 aliphatic heterocycles. The fraction of sp³-hybridized carbons (Fsp3) is 0.231. The molecule has 2 rings (SSSR count). The van der Waals surface area contributed by atoms with Gasteiger partial charge in [0.25, 0.3) is 5.91 Å². The lowest BCUT2D eigenvalue weighted by Crippen LogP contribution is -2.24. The van der Waals surface area contributed by atoms with E-state index in [2.05, 4.69) is 16.9 Å². The molecule has 0 spiro atoms. The van der Waals surface area contributed by atoms with Crippen molar-refractivity contribution in [1.29, 1.82) is 0 Å². The molecule has 0 aromatic carbocycles. The summed E-state index contributed by atoms with van der Waals surface area (Å²) < 4.78 is 0. The highest BCUT2D eigenvalue weighted by molar-refractivity contribution is 7.21. The molecule has 0 atom stereocenters. The molecule has 2 aromatic rings.